The van der Waals surface area contributed by atoms with Crippen LogP contribution in [-0.4, -0.2) is 32.9 Å². The van der Waals surface area contributed by atoms with Crippen LogP contribution in [0.15, 0.2) is 75.2 Å². The summed E-state index contributed by atoms with van der Waals surface area (Å²) in [6.45, 7) is 3.01. The Bertz CT molecular complexity index is 1520. The SMILES string of the molecule is CCCCCCCCCCCCOOCc1ccc(Cl)c(Nc2cc(O)c(Sc3nnc(NC(=O)c4ccccc4)o3)cc2O)c1. The van der Waals surface area contributed by atoms with Crippen LogP contribution in [0.5, 0.6) is 11.5 Å². The van der Waals surface area contributed by atoms with Crippen LogP contribution in [0.2, 0.25) is 5.02 Å². The highest BCUT2D eigenvalue weighted by molar-refractivity contribution is 7.99. The Kier molecular flexibility index (Phi) is 14.5. The molecule has 4 N–H and O–H groups in total. The number of carbonyl (C=O) groups is 1. The highest BCUT2D eigenvalue weighted by Gasteiger charge is 2.17. The number of benzene rings is 3. The van der Waals surface area contributed by atoms with Gasteiger partial charge in [0, 0.05) is 11.6 Å². The fourth-order valence-electron chi connectivity index (χ4n) is 4.61. The molecule has 46 heavy (non-hydrogen) atoms. The number of nitrogens with zero attached hydrogens (tertiary/aromatic N) is 2. The number of aromatic hydroxyl groups is 2. The van der Waals surface area contributed by atoms with E-state index in [0.29, 0.717) is 22.9 Å². The van der Waals surface area contributed by atoms with E-state index in [0.717, 1.165) is 30.2 Å². The predicted octanol–water partition coefficient (Wildman–Crippen LogP) is 9.65. The average Bonchev–Trinajstić information content (AvgIpc) is 3.50. The van der Waals surface area contributed by atoms with Crippen molar-refractivity contribution in [1.82, 2.24) is 10.2 Å². The second kappa shape index (κ2) is 19.0. The molecule has 0 aliphatic heterocycles. The molecule has 12 heteroatoms. The van der Waals surface area contributed by atoms with Crippen molar-refractivity contribution < 1.29 is 29.2 Å². The third-order valence-electron chi connectivity index (χ3n) is 7.13. The first kappa shape index (κ1) is 35.1. The number of nitrogens with one attached hydrogen (secondary N) is 2. The number of hydrogen-bond donors (Lipinski definition) is 4. The van der Waals surface area contributed by atoms with Gasteiger partial charge in [-0.2, -0.15) is 0 Å². The second-order valence-corrected chi connectivity index (χ2v) is 12.2. The summed E-state index contributed by atoms with van der Waals surface area (Å²) in [5.41, 5.74) is 2.01. The molecule has 0 fully saturated rings. The first-order valence-corrected chi connectivity index (χ1v) is 16.9. The van der Waals surface area contributed by atoms with Crippen molar-refractivity contribution in [3.8, 4) is 11.5 Å². The molecule has 0 aliphatic rings. The lowest BCUT2D eigenvalue weighted by atomic mass is 10.1. The van der Waals surface area contributed by atoms with E-state index in [1.54, 1.807) is 42.5 Å². The summed E-state index contributed by atoms with van der Waals surface area (Å²) in [5, 5.41) is 35.1. The van der Waals surface area contributed by atoms with Crippen molar-refractivity contribution >= 4 is 46.7 Å². The van der Waals surface area contributed by atoms with Gasteiger partial charge in [-0.3, -0.25) is 10.1 Å². The van der Waals surface area contributed by atoms with E-state index in [-0.39, 0.29) is 39.9 Å². The normalized spacial score (nSPS) is 11.1. The molecule has 246 valence electrons. The van der Waals surface area contributed by atoms with Crippen molar-refractivity contribution in [2.75, 3.05) is 17.2 Å². The topological polar surface area (TPSA) is 139 Å². The highest BCUT2D eigenvalue weighted by atomic mass is 35.5. The van der Waals surface area contributed by atoms with Crippen molar-refractivity contribution in [1.29, 1.82) is 0 Å². The molecule has 10 nitrogen and oxygen atoms in total. The number of anilines is 3. The number of unbranched alkanes of at least 4 members (excludes halogenated alkanes) is 9. The Morgan fingerprint density at radius 1 is 0.848 bits per heavy atom. The van der Waals surface area contributed by atoms with Crippen molar-refractivity contribution in [2.45, 2.75) is 87.9 Å². The predicted molar refractivity (Wildman–Crippen MR) is 180 cm³/mol. The number of phenols is 2. The van der Waals surface area contributed by atoms with E-state index in [4.69, 9.17) is 25.8 Å². The molecule has 1 heterocycles. The van der Waals surface area contributed by atoms with Crippen molar-refractivity contribution in [3.05, 3.63) is 76.8 Å². The van der Waals surface area contributed by atoms with Gasteiger partial charge in [0.05, 0.1) is 27.9 Å². The van der Waals surface area contributed by atoms with Crippen LogP contribution >= 0.6 is 23.4 Å². The van der Waals surface area contributed by atoms with Crippen molar-refractivity contribution in [2.24, 2.45) is 0 Å². The lowest BCUT2D eigenvalue weighted by Crippen LogP contribution is -2.11. The first-order chi connectivity index (χ1) is 22.4. The minimum Gasteiger partial charge on any atom is -0.507 e. The van der Waals surface area contributed by atoms with Crippen molar-refractivity contribution in [3.63, 3.8) is 0 Å². The van der Waals surface area contributed by atoms with Gasteiger partial charge in [0.1, 0.15) is 18.1 Å². The molecule has 0 saturated heterocycles. The maximum absolute atomic E-state index is 12.3. The average molecular weight is 669 g/mol. The molecule has 0 atom stereocenters. The summed E-state index contributed by atoms with van der Waals surface area (Å²) in [7, 11) is 0. The molecule has 0 bridgehead atoms. The maximum Gasteiger partial charge on any atom is 0.323 e. The third kappa shape index (κ3) is 11.5. The number of phenolic OH excluding ortho intramolecular Hbond substituents is 2. The van der Waals surface area contributed by atoms with Gasteiger partial charge >= 0.3 is 6.01 Å². The van der Waals surface area contributed by atoms with Gasteiger partial charge < -0.3 is 19.9 Å². The summed E-state index contributed by atoms with van der Waals surface area (Å²) < 4.78 is 5.48. The highest BCUT2D eigenvalue weighted by Crippen LogP contribution is 2.42. The lowest BCUT2D eigenvalue weighted by Gasteiger charge is -2.13. The summed E-state index contributed by atoms with van der Waals surface area (Å²) in [5.74, 6) is -0.688. The smallest absolute Gasteiger partial charge is 0.323 e. The molecule has 4 rings (SSSR count). The van der Waals surface area contributed by atoms with Gasteiger partial charge in [-0.05, 0) is 54.1 Å². The Labute approximate surface area is 278 Å². The molecule has 3 aromatic carbocycles. The number of aromatic nitrogens is 2. The molecule has 1 amide bonds. The summed E-state index contributed by atoms with van der Waals surface area (Å²) >= 11 is 7.33. The van der Waals surface area contributed by atoms with E-state index >= 15 is 0 Å². The van der Waals surface area contributed by atoms with E-state index in [1.807, 2.05) is 6.07 Å². The summed E-state index contributed by atoms with van der Waals surface area (Å²) in [6, 6.07) is 16.6. The van der Waals surface area contributed by atoms with Gasteiger partial charge in [0.2, 0.25) is 0 Å². The van der Waals surface area contributed by atoms with Crippen LogP contribution < -0.4 is 10.6 Å². The number of amides is 1. The lowest BCUT2D eigenvalue weighted by molar-refractivity contribution is -0.304. The second-order valence-electron chi connectivity index (χ2n) is 10.8. The Morgan fingerprint density at radius 3 is 2.30 bits per heavy atom. The zero-order valence-corrected chi connectivity index (χ0v) is 27.5. The molecule has 0 unspecified atom stereocenters. The quantitative estimate of drug-likeness (QED) is 0.0237. The fraction of sp³-hybridized carbons (Fsp3) is 0.382. The maximum atomic E-state index is 12.3. The molecular weight excluding hydrogens is 628 g/mol. The Hall–Kier alpha value is -3.77. The van der Waals surface area contributed by atoms with E-state index in [9.17, 15) is 15.0 Å². The zero-order chi connectivity index (χ0) is 32.6. The molecule has 4 aromatic rings. The Balaban J connectivity index is 1.21. The van der Waals surface area contributed by atoms with Crippen LogP contribution in [0.4, 0.5) is 17.4 Å². The van der Waals surface area contributed by atoms with Gasteiger partial charge in [0.15, 0.2) is 0 Å². The van der Waals surface area contributed by atoms with Crippen LogP contribution in [0.25, 0.3) is 0 Å². The van der Waals surface area contributed by atoms with Gasteiger partial charge in [-0.1, -0.05) is 111 Å². The standard InChI is InChI=1S/C34H41ClN4O6S/c1-2-3-4-5-6-7-8-9-10-14-19-43-44-23-24-17-18-26(35)27(20-24)36-28-21-30(41)31(22-29(28)40)46-34-39-38-33(45-34)37-32(42)25-15-12-11-13-16-25/h11-13,15-18,20-22,36,40-41H,2-10,14,19,23H2,1H3,(H,37,38,42). The number of rotatable bonds is 20. The minimum absolute atomic E-state index is 0.0601. The molecule has 0 saturated carbocycles. The van der Waals surface area contributed by atoms with Crippen LogP contribution in [0.1, 0.15) is 87.1 Å². The van der Waals surface area contributed by atoms with Crippen LogP contribution in [0.3, 0.4) is 0 Å². The third-order valence-corrected chi connectivity index (χ3v) is 8.34. The van der Waals surface area contributed by atoms with E-state index in [2.05, 4.69) is 27.8 Å². The van der Waals surface area contributed by atoms with Crippen LogP contribution in [-0.2, 0) is 16.4 Å². The number of halogens is 1. The first-order valence-electron chi connectivity index (χ1n) is 15.7. The monoisotopic (exact) mass is 668 g/mol. The molecule has 0 radical (unpaired) electrons. The fourth-order valence-corrected chi connectivity index (χ4v) is 5.50. The van der Waals surface area contributed by atoms with Gasteiger partial charge in [0.25, 0.3) is 11.1 Å². The van der Waals surface area contributed by atoms with E-state index in [1.165, 1.54) is 63.5 Å². The summed E-state index contributed by atoms with van der Waals surface area (Å²) in [4.78, 5) is 23.4. The largest absolute Gasteiger partial charge is 0.507 e. The minimum atomic E-state index is -0.400. The summed E-state index contributed by atoms with van der Waals surface area (Å²) in [6.07, 6.45) is 12.6. The Morgan fingerprint density at radius 2 is 1.57 bits per heavy atom. The van der Waals surface area contributed by atoms with E-state index < -0.39 is 5.91 Å². The number of carbonyl (C=O) groups excluding carboxylic acids is 1. The number of hydrogen-bond acceptors (Lipinski definition) is 10. The van der Waals surface area contributed by atoms with Gasteiger partial charge in [-0.15, -0.1) is 0 Å². The molecule has 0 spiro atoms. The zero-order valence-electron chi connectivity index (χ0n) is 26.0. The van der Waals surface area contributed by atoms with Crippen LogP contribution in [0, 0.1) is 0 Å². The van der Waals surface area contributed by atoms with Gasteiger partial charge in [-0.25, -0.2) is 9.78 Å². The molecule has 1 aromatic heterocycles. The molecule has 0 aliphatic carbocycles. The molecular formula is C34H41ClN4O6S.